The Balaban J connectivity index is 1.53. The second kappa shape index (κ2) is 7.74. The lowest BCUT2D eigenvalue weighted by atomic mass is 9.98. The summed E-state index contributed by atoms with van der Waals surface area (Å²) in [4.78, 5) is 20.6. The van der Waals surface area contributed by atoms with Crippen molar-refractivity contribution in [2.24, 2.45) is 0 Å². The van der Waals surface area contributed by atoms with Gasteiger partial charge in [0.25, 0.3) is 0 Å². The molecule has 1 aromatic carbocycles. The Morgan fingerprint density at radius 2 is 2.16 bits per heavy atom. The number of likely N-dealkylation sites (tertiary alicyclic amines) is 1. The molecule has 6 nitrogen and oxygen atoms in total. The summed E-state index contributed by atoms with van der Waals surface area (Å²) >= 11 is 0. The molecule has 0 saturated carbocycles. The molecular weight excluding hydrogens is 323 g/mol. The number of aryl methyl sites for hydroxylation is 1. The minimum absolute atomic E-state index is 0.0479. The van der Waals surface area contributed by atoms with Gasteiger partial charge in [-0.3, -0.25) is 9.69 Å². The van der Waals surface area contributed by atoms with Gasteiger partial charge in [0, 0.05) is 20.1 Å². The van der Waals surface area contributed by atoms with Gasteiger partial charge in [-0.25, -0.2) is 4.39 Å². The maximum atomic E-state index is 13.0. The molecule has 25 heavy (non-hydrogen) atoms. The van der Waals surface area contributed by atoms with Crippen molar-refractivity contribution in [1.29, 1.82) is 0 Å². The fraction of sp³-hybridized carbons (Fsp3) is 0.500. The molecule has 1 aliphatic heterocycles. The van der Waals surface area contributed by atoms with Crippen LogP contribution in [0.5, 0.6) is 0 Å². The van der Waals surface area contributed by atoms with Crippen LogP contribution >= 0.6 is 0 Å². The fourth-order valence-electron chi connectivity index (χ4n) is 3.14. The normalized spacial score (nSPS) is 18.3. The third-order valence-corrected chi connectivity index (χ3v) is 4.52. The molecule has 1 aromatic heterocycles. The van der Waals surface area contributed by atoms with E-state index in [2.05, 4.69) is 15.0 Å². The first-order valence-corrected chi connectivity index (χ1v) is 8.52. The van der Waals surface area contributed by atoms with E-state index in [1.165, 1.54) is 12.1 Å². The van der Waals surface area contributed by atoms with Crippen LogP contribution in [0.25, 0.3) is 0 Å². The zero-order valence-corrected chi connectivity index (χ0v) is 14.6. The molecular formula is C18H23FN4O2. The van der Waals surface area contributed by atoms with E-state index in [0.717, 1.165) is 31.5 Å². The lowest BCUT2D eigenvalue weighted by Gasteiger charge is -2.31. The number of aromatic nitrogens is 2. The predicted octanol–water partition coefficient (Wildman–Crippen LogP) is 2.36. The molecule has 2 aromatic rings. The van der Waals surface area contributed by atoms with E-state index in [-0.39, 0.29) is 17.6 Å². The number of piperidine rings is 1. The van der Waals surface area contributed by atoms with E-state index in [1.807, 2.05) is 6.92 Å². The van der Waals surface area contributed by atoms with Gasteiger partial charge < -0.3 is 9.42 Å². The highest BCUT2D eigenvalue weighted by Crippen LogP contribution is 2.25. The van der Waals surface area contributed by atoms with Crippen LogP contribution in [0.3, 0.4) is 0 Å². The Kier molecular flexibility index (Phi) is 5.43. The van der Waals surface area contributed by atoms with E-state index in [0.29, 0.717) is 24.8 Å². The van der Waals surface area contributed by atoms with Gasteiger partial charge in [0.2, 0.25) is 11.8 Å². The molecule has 0 radical (unpaired) electrons. The van der Waals surface area contributed by atoms with Crippen LogP contribution in [0.15, 0.2) is 28.8 Å². The Labute approximate surface area is 146 Å². The Bertz CT molecular complexity index is 716. The van der Waals surface area contributed by atoms with E-state index in [1.54, 1.807) is 24.1 Å². The highest BCUT2D eigenvalue weighted by molar-refractivity contribution is 5.78. The number of carbonyl (C=O) groups excluding carboxylic acids is 1. The van der Waals surface area contributed by atoms with Crippen LogP contribution in [-0.2, 0) is 11.3 Å². The summed E-state index contributed by atoms with van der Waals surface area (Å²) in [5, 5.41) is 3.85. The summed E-state index contributed by atoms with van der Waals surface area (Å²) in [5.74, 6) is 1.27. The van der Waals surface area contributed by atoms with Crippen LogP contribution in [-0.4, -0.2) is 52.5 Å². The molecule has 0 bridgehead atoms. The van der Waals surface area contributed by atoms with Crippen molar-refractivity contribution >= 4 is 5.91 Å². The standard InChI is InChI=1S/C18H23FN4O2/c1-13-20-18(25-21-13)15-4-3-9-23(11-15)12-17(24)22(2)10-14-5-7-16(19)8-6-14/h5-8,15H,3-4,9-12H2,1-2H3. The summed E-state index contributed by atoms with van der Waals surface area (Å²) in [6, 6.07) is 6.23. The molecule has 134 valence electrons. The number of likely N-dealkylation sites (N-methyl/N-ethyl adjacent to an activating group) is 1. The average molecular weight is 346 g/mol. The van der Waals surface area contributed by atoms with Gasteiger partial charge >= 0.3 is 0 Å². The topological polar surface area (TPSA) is 62.5 Å². The molecule has 1 aliphatic rings. The quantitative estimate of drug-likeness (QED) is 0.832. The van der Waals surface area contributed by atoms with Crippen LogP contribution in [0, 0.1) is 12.7 Å². The van der Waals surface area contributed by atoms with Crippen molar-refractivity contribution in [3.63, 3.8) is 0 Å². The van der Waals surface area contributed by atoms with Crippen molar-refractivity contribution in [1.82, 2.24) is 19.9 Å². The number of amides is 1. The van der Waals surface area contributed by atoms with Gasteiger partial charge in [0.1, 0.15) is 5.82 Å². The van der Waals surface area contributed by atoms with Crippen molar-refractivity contribution < 1.29 is 13.7 Å². The first-order valence-electron chi connectivity index (χ1n) is 8.52. The number of nitrogens with zero attached hydrogens (tertiary/aromatic N) is 4. The van der Waals surface area contributed by atoms with Gasteiger partial charge in [-0.05, 0) is 44.0 Å². The third kappa shape index (κ3) is 4.63. The number of hydrogen-bond donors (Lipinski definition) is 0. The molecule has 3 rings (SSSR count). The van der Waals surface area contributed by atoms with Crippen molar-refractivity contribution in [3.05, 3.63) is 47.4 Å². The highest BCUT2D eigenvalue weighted by atomic mass is 19.1. The second-order valence-electron chi connectivity index (χ2n) is 6.63. The lowest BCUT2D eigenvalue weighted by molar-refractivity contribution is -0.132. The Morgan fingerprint density at radius 3 is 2.84 bits per heavy atom. The Morgan fingerprint density at radius 1 is 1.40 bits per heavy atom. The van der Waals surface area contributed by atoms with Crippen LogP contribution in [0.1, 0.15) is 36.0 Å². The lowest BCUT2D eigenvalue weighted by Crippen LogP contribution is -2.42. The molecule has 1 saturated heterocycles. The zero-order valence-electron chi connectivity index (χ0n) is 14.6. The van der Waals surface area contributed by atoms with E-state index >= 15 is 0 Å². The largest absolute Gasteiger partial charge is 0.340 e. The zero-order chi connectivity index (χ0) is 17.8. The highest BCUT2D eigenvalue weighted by Gasteiger charge is 2.27. The van der Waals surface area contributed by atoms with E-state index in [4.69, 9.17) is 4.52 Å². The van der Waals surface area contributed by atoms with Crippen LogP contribution in [0.2, 0.25) is 0 Å². The molecule has 0 N–H and O–H groups in total. The van der Waals surface area contributed by atoms with Gasteiger partial charge in [-0.2, -0.15) is 4.98 Å². The average Bonchev–Trinajstić information content (AvgIpc) is 3.03. The van der Waals surface area contributed by atoms with Crippen LogP contribution in [0.4, 0.5) is 4.39 Å². The predicted molar refractivity (Wildman–Crippen MR) is 90.3 cm³/mol. The maximum absolute atomic E-state index is 13.0. The SMILES string of the molecule is Cc1noc(C2CCCN(CC(=O)N(C)Cc3ccc(F)cc3)C2)n1. The minimum Gasteiger partial charge on any atom is -0.340 e. The minimum atomic E-state index is -0.270. The number of hydrogen-bond acceptors (Lipinski definition) is 5. The molecule has 1 amide bonds. The summed E-state index contributed by atoms with van der Waals surface area (Å²) in [7, 11) is 1.77. The second-order valence-corrected chi connectivity index (χ2v) is 6.63. The van der Waals surface area contributed by atoms with Crippen molar-refractivity contribution in [3.8, 4) is 0 Å². The summed E-state index contributed by atoms with van der Waals surface area (Å²) in [5.41, 5.74) is 0.912. The van der Waals surface area contributed by atoms with Gasteiger partial charge in [-0.1, -0.05) is 17.3 Å². The van der Waals surface area contributed by atoms with Gasteiger partial charge in [0.05, 0.1) is 12.5 Å². The smallest absolute Gasteiger partial charge is 0.236 e. The van der Waals surface area contributed by atoms with E-state index in [9.17, 15) is 9.18 Å². The number of benzene rings is 1. The number of rotatable bonds is 5. The molecule has 7 heteroatoms. The first kappa shape index (κ1) is 17.5. The number of carbonyl (C=O) groups is 1. The fourth-order valence-corrected chi connectivity index (χ4v) is 3.14. The first-order chi connectivity index (χ1) is 12.0. The molecule has 1 fully saturated rings. The summed E-state index contributed by atoms with van der Waals surface area (Å²) in [6.07, 6.45) is 2.00. The van der Waals surface area contributed by atoms with E-state index < -0.39 is 0 Å². The maximum Gasteiger partial charge on any atom is 0.236 e. The Hall–Kier alpha value is -2.28. The van der Waals surface area contributed by atoms with Crippen molar-refractivity contribution in [2.75, 3.05) is 26.7 Å². The van der Waals surface area contributed by atoms with Gasteiger partial charge in [-0.15, -0.1) is 0 Å². The van der Waals surface area contributed by atoms with Gasteiger partial charge in [0.15, 0.2) is 5.82 Å². The molecule has 0 aliphatic carbocycles. The third-order valence-electron chi connectivity index (χ3n) is 4.52. The number of halogens is 1. The molecule has 1 unspecified atom stereocenters. The molecule has 1 atom stereocenters. The molecule has 2 heterocycles. The molecule has 0 spiro atoms. The summed E-state index contributed by atoms with van der Waals surface area (Å²) < 4.78 is 18.2. The summed E-state index contributed by atoms with van der Waals surface area (Å²) in [6.45, 7) is 4.28. The van der Waals surface area contributed by atoms with Crippen molar-refractivity contribution in [2.45, 2.75) is 32.2 Å². The van der Waals surface area contributed by atoms with Crippen LogP contribution < -0.4 is 0 Å². The monoisotopic (exact) mass is 346 g/mol.